The molecule has 0 spiro atoms. The normalized spacial score (nSPS) is 12.6. The van der Waals surface area contributed by atoms with Crippen LogP contribution in [0.4, 0.5) is 11.4 Å². The number of rotatable bonds is 6. The number of nitrogens with zero attached hydrogens (tertiary/aromatic N) is 1. The molecule has 1 aliphatic heterocycles. The number of hydrogen-bond acceptors (Lipinski definition) is 5. The van der Waals surface area contributed by atoms with Gasteiger partial charge in [-0.15, -0.1) is 0 Å². The van der Waals surface area contributed by atoms with Crippen LogP contribution in [0, 0.1) is 6.92 Å². The van der Waals surface area contributed by atoms with E-state index >= 15 is 0 Å². The Morgan fingerprint density at radius 2 is 1.50 bits per heavy atom. The number of methoxy groups -OCH3 is 1. The number of aryl methyl sites for hydroxylation is 1. The van der Waals surface area contributed by atoms with Crippen molar-refractivity contribution in [3.05, 3.63) is 89.5 Å². The quantitative estimate of drug-likeness (QED) is 0.418. The molecule has 34 heavy (non-hydrogen) atoms. The van der Waals surface area contributed by atoms with E-state index in [9.17, 15) is 13.2 Å². The number of carbonyl (C=O) groups excluding carboxylic acids is 1. The van der Waals surface area contributed by atoms with Crippen molar-refractivity contribution < 1.29 is 17.9 Å². The highest BCUT2D eigenvalue weighted by molar-refractivity contribution is 7.91. The summed E-state index contributed by atoms with van der Waals surface area (Å²) in [5.41, 5.74) is 4.62. The van der Waals surface area contributed by atoms with Crippen molar-refractivity contribution in [1.82, 2.24) is 0 Å². The molecule has 1 amide bonds. The lowest BCUT2D eigenvalue weighted by molar-refractivity contribution is 0.103. The SMILES string of the molecule is COc1ccc(S(=O)(=O)c2ccc(CN(C)c3ccc4c5c(ccc(C)c35)C(=O)N4)cc2)cc1. The predicted octanol–water partition coefficient (Wildman–Crippen LogP) is 5.19. The molecule has 0 unspecified atom stereocenters. The average Bonchev–Trinajstić information content (AvgIpc) is 3.17. The summed E-state index contributed by atoms with van der Waals surface area (Å²) in [6.07, 6.45) is 0. The van der Waals surface area contributed by atoms with E-state index in [1.165, 1.54) is 0 Å². The molecule has 5 rings (SSSR count). The molecule has 7 heteroatoms. The van der Waals surface area contributed by atoms with Crippen LogP contribution >= 0.6 is 0 Å². The lowest BCUT2D eigenvalue weighted by Crippen LogP contribution is -2.17. The number of ether oxygens (including phenoxy) is 1. The summed E-state index contributed by atoms with van der Waals surface area (Å²) >= 11 is 0. The molecule has 0 aliphatic carbocycles. The second-order valence-electron chi connectivity index (χ2n) is 8.45. The van der Waals surface area contributed by atoms with Gasteiger partial charge in [0, 0.05) is 41.3 Å². The molecule has 172 valence electrons. The van der Waals surface area contributed by atoms with E-state index in [-0.39, 0.29) is 15.7 Å². The van der Waals surface area contributed by atoms with Crippen LogP contribution in [0.1, 0.15) is 21.5 Å². The van der Waals surface area contributed by atoms with Crippen molar-refractivity contribution in [2.24, 2.45) is 0 Å². The molecular weight excluding hydrogens is 448 g/mol. The molecule has 0 fully saturated rings. The van der Waals surface area contributed by atoms with Gasteiger partial charge in [0.15, 0.2) is 0 Å². The molecule has 0 saturated heterocycles. The minimum absolute atomic E-state index is 0.0755. The first-order chi connectivity index (χ1) is 16.3. The predicted molar refractivity (Wildman–Crippen MR) is 134 cm³/mol. The molecule has 0 radical (unpaired) electrons. The molecule has 0 saturated carbocycles. The van der Waals surface area contributed by atoms with Crippen LogP contribution in [0.5, 0.6) is 5.75 Å². The van der Waals surface area contributed by atoms with E-state index in [0.29, 0.717) is 17.9 Å². The van der Waals surface area contributed by atoms with Crippen molar-refractivity contribution in [2.45, 2.75) is 23.3 Å². The second-order valence-corrected chi connectivity index (χ2v) is 10.4. The monoisotopic (exact) mass is 472 g/mol. The summed E-state index contributed by atoms with van der Waals surface area (Å²) < 4.78 is 31.1. The number of carbonyl (C=O) groups is 1. The summed E-state index contributed by atoms with van der Waals surface area (Å²) in [6, 6.07) is 21.1. The van der Waals surface area contributed by atoms with E-state index in [2.05, 4.69) is 10.2 Å². The second kappa shape index (κ2) is 8.18. The molecule has 0 bridgehead atoms. The van der Waals surface area contributed by atoms with Crippen LogP contribution in [0.15, 0.2) is 82.6 Å². The Labute approximate surface area is 198 Å². The summed E-state index contributed by atoms with van der Waals surface area (Å²) in [6.45, 7) is 2.63. The van der Waals surface area contributed by atoms with Crippen LogP contribution in [-0.4, -0.2) is 28.5 Å². The van der Waals surface area contributed by atoms with Gasteiger partial charge in [-0.1, -0.05) is 18.2 Å². The van der Waals surface area contributed by atoms with E-state index in [1.807, 2.05) is 50.4 Å². The van der Waals surface area contributed by atoms with E-state index < -0.39 is 9.84 Å². The number of sulfone groups is 1. The van der Waals surface area contributed by atoms with Gasteiger partial charge in [0.25, 0.3) is 5.91 Å². The minimum Gasteiger partial charge on any atom is -0.497 e. The van der Waals surface area contributed by atoms with Crippen LogP contribution in [0.3, 0.4) is 0 Å². The Morgan fingerprint density at radius 1 is 0.853 bits per heavy atom. The summed E-state index contributed by atoms with van der Waals surface area (Å²) in [4.78, 5) is 14.9. The Hall–Kier alpha value is -3.84. The highest BCUT2D eigenvalue weighted by Crippen LogP contribution is 2.40. The third-order valence-corrected chi connectivity index (χ3v) is 8.06. The highest BCUT2D eigenvalue weighted by Gasteiger charge is 2.24. The van der Waals surface area contributed by atoms with Gasteiger partial charge in [0.1, 0.15) is 5.75 Å². The van der Waals surface area contributed by atoms with Crippen molar-refractivity contribution in [2.75, 3.05) is 24.4 Å². The van der Waals surface area contributed by atoms with E-state index in [1.54, 1.807) is 43.5 Å². The minimum atomic E-state index is -3.61. The smallest absolute Gasteiger partial charge is 0.256 e. The first kappa shape index (κ1) is 22.0. The lowest BCUT2D eigenvalue weighted by atomic mass is 9.98. The zero-order chi connectivity index (χ0) is 24.0. The van der Waals surface area contributed by atoms with Gasteiger partial charge in [-0.25, -0.2) is 8.42 Å². The topological polar surface area (TPSA) is 75.7 Å². The standard InChI is InChI=1S/C27H24N2O4S/c1-17-4-13-22-26-23(28-27(22)30)14-15-24(25(17)26)29(2)16-18-5-9-20(10-6-18)34(31,32)21-11-7-19(33-3)8-12-21/h4-15H,16H2,1-3H3,(H,28,30). The van der Waals surface area contributed by atoms with Gasteiger partial charge in [0.2, 0.25) is 9.84 Å². The Balaban J connectivity index is 1.42. The molecule has 1 aliphatic rings. The third-order valence-electron chi connectivity index (χ3n) is 6.27. The fourth-order valence-corrected chi connectivity index (χ4v) is 5.73. The van der Waals surface area contributed by atoms with Crippen molar-refractivity contribution >= 4 is 37.9 Å². The average molecular weight is 473 g/mol. The number of amides is 1. The lowest BCUT2D eigenvalue weighted by Gasteiger charge is -2.23. The van der Waals surface area contributed by atoms with Crippen LogP contribution in [-0.2, 0) is 16.4 Å². The molecular formula is C27H24N2O4S. The van der Waals surface area contributed by atoms with Crippen molar-refractivity contribution in [3.8, 4) is 5.75 Å². The van der Waals surface area contributed by atoms with Crippen LogP contribution in [0.2, 0.25) is 0 Å². The van der Waals surface area contributed by atoms with Crippen LogP contribution in [0.25, 0.3) is 10.8 Å². The molecule has 0 atom stereocenters. The molecule has 1 heterocycles. The fourth-order valence-electron chi connectivity index (χ4n) is 4.47. The van der Waals surface area contributed by atoms with Crippen LogP contribution < -0.4 is 15.0 Å². The maximum Gasteiger partial charge on any atom is 0.256 e. The van der Waals surface area contributed by atoms with Gasteiger partial charge >= 0.3 is 0 Å². The molecule has 4 aromatic rings. The number of nitrogens with one attached hydrogen (secondary N) is 1. The molecule has 6 nitrogen and oxygen atoms in total. The number of anilines is 2. The van der Waals surface area contributed by atoms with Gasteiger partial charge in [-0.05, 0) is 72.6 Å². The zero-order valence-electron chi connectivity index (χ0n) is 19.1. The maximum absolute atomic E-state index is 13.0. The largest absolute Gasteiger partial charge is 0.497 e. The van der Waals surface area contributed by atoms with Gasteiger partial charge < -0.3 is 15.0 Å². The first-order valence-electron chi connectivity index (χ1n) is 10.9. The van der Waals surface area contributed by atoms with Crippen molar-refractivity contribution in [1.29, 1.82) is 0 Å². The summed E-state index contributed by atoms with van der Waals surface area (Å²) in [5.74, 6) is 0.532. The number of benzene rings is 4. The maximum atomic E-state index is 13.0. The highest BCUT2D eigenvalue weighted by atomic mass is 32.2. The fraction of sp³-hybridized carbons (Fsp3) is 0.148. The third kappa shape index (κ3) is 3.58. The van der Waals surface area contributed by atoms with Gasteiger partial charge in [-0.2, -0.15) is 0 Å². The Bertz CT molecular complexity index is 1530. The van der Waals surface area contributed by atoms with Crippen molar-refractivity contribution in [3.63, 3.8) is 0 Å². The Kier molecular flexibility index (Phi) is 5.29. The molecule has 0 aromatic heterocycles. The van der Waals surface area contributed by atoms with Gasteiger partial charge in [-0.3, -0.25) is 4.79 Å². The molecule has 1 N–H and O–H groups in total. The van der Waals surface area contributed by atoms with E-state index in [0.717, 1.165) is 33.3 Å². The summed E-state index contributed by atoms with van der Waals surface area (Å²) in [7, 11) is -0.0736. The first-order valence-corrected chi connectivity index (χ1v) is 12.3. The zero-order valence-corrected chi connectivity index (χ0v) is 19.9. The Morgan fingerprint density at radius 3 is 2.15 bits per heavy atom. The number of hydrogen-bond donors (Lipinski definition) is 1. The molecule has 4 aromatic carbocycles. The summed E-state index contributed by atoms with van der Waals surface area (Å²) in [5, 5.41) is 4.94. The van der Waals surface area contributed by atoms with E-state index in [4.69, 9.17) is 4.74 Å². The van der Waals surface area contributed by atoms with Gasteiger partial charge in [0.05, 0.1) is 16.9 Å².